The molecule has 2 amide bonds. The zero-order valence-electron chi connectivity index (χ0n) is 14.6. The van der Waals surface area contributed by atoms with Crippen LogP contribution in [0.25, 0.3) is 0 Å². The molecule has 144 valence electrons. The molecule has 1 saturated carbocycles. The van der Waals surface area contributed by atoms with Crippen molar-refractivity contribution < 1.29 is 27.2 Å². The van der Waals surface area contributed by atoms with E-state index in [0.29, 0.717) is 0 Å². The SMILES string of the molecule is CC(NC(=O)c1ccco1)C(=O)N(Cc1ccccc1C(F)(F)F)C1CC1. The number of alkyl halides is 3. The van der Waals surface area contributed by atoms with Crippen LogP contribution in [0, 0.1) is 0 Å². The molecule has 27 heavy (non-hydrogen) atoms. The largest absolute Gasteiger partial charge is 0.459 e. The van der Waals surface area contributed by atoms with E-state index in [9.17, 15) is 22.8 Å². The Bertz CT molecular complexity index is 814. The van der Waals surface area contributed by atoms with E-state index in [2.05, 4.69) is 5.32 Å². The van der Waals surface area contributed by atoms with Gasteiger partial charge >= 0.3 is 6.18 Å². The number of benzene rings is 1. The minimum atomic E-state index is -4.49. The van der Waals surface area contributed by atoms with Gasteiger partial charge in [-0.15, -0.1) is 0 Å². The molecule has 1 fully saturated rings. The van der Waals surface area contributed by atoms with Gasteiger partial charge in [0.1, 0.15) is 6.04 Å². The molecule has 1 aromatic carbocycles. The first kappa shape index (κ1) is 19.0. The van der Waals surface area contributed by atoms with Crippen molar-refractivity contribution in [3.63, 3.8) is 0 Å². The second kappa shape index (κ2) is 7.46. The van der Waals surface area contributed by atoms with Crippen molar-refractivity contribution in [3.05, 3.63) is 59.5 Å². The summed E-state index contributed by atoms with van der Waals surface area (Å²) in [5, 5.41) is 2.53. The van der Waals surface area contributed by atoms with Crippen molar-refractivity contribution in [1.29, 1.82) is 0 Å². The minimum Gasteiger partial charge on any atom is -0.459 e. The minimum absolute atomic E-state index is 0.0369. The number of nitrogens with one attached hydrogen (secondary N) is 1. The van der Waals surface area contributed by atoms with Gasteiger partial charge in [-0.05, 0) is 43.5 Å². The number of furan rings is 1. The Labute approximate surface area is 154 Å². The fourth-order valence-electron chi connectivity index (χ4n) is 2.88. The highest BCUT2D eigenvalue weighted by atomic mass is 19.4. The van der Waals surface area contributed by atoms with Gasteiger partial charge in [0.05, 0.1) is 11.8 Å². The van der Waals surface area contributed by atoms with Crippen LogP contribution in [0.15, 0.2) is 47.1 Å². The van der Waals surface area contributed by atoms with Crippen molar-refractivity contribution in [1.82, 2.24) is 10.2 Å². The van der Waals surface area contributed by atoms with Gasteiger partial charge < -0.3 is 14.6 Å². The third-order valence-corrected chi connectivity index (χ3v) is 4.40. The predicted molar refractivity (Wildman–Crippen MR) is 90.7 cm³/mol. The molecule has 5 nitrogen and oxygen atoms in total. The highest BCUT2D eigenvalue weighted by Crippen LogP contribution is 2.35. The molecule has 1 aliphatic carbocycles. The molecular weight excluding hydrogens is 361 g/mol. The van der Waals surface area contributed by atoms with Gasteiger partial charge in [0.25, 0.3) is 5.91 Å². The molecule has 3 rings (SSSR count). The summed E-state index contributed by atoms with van der Waals surface area (Å²) in [4.78, 5) is 26.3. The van der Waals surface area contributed by atoms with Crippen LogP contribution in [-0.2, 0) is 17.5 Å². The van der Waals surface area contributed by atoms with Crippen LogP contribution in [0.2, 0.25) is 0 Å². The van der Waals surface area contributed by atoms with E-state index < -0.39 is 29.6 Å². The van der Waals surface area contributed by atoms with Crippen LogP contribution in [0.4, 0.5) is 13.2 Å². The molecule has 1 aliphatic rings. The highest BCUT2D eigenvalue weighted by Gasteiger charge is 2.38. The van der Waals surface area contributed by atoms with Crippen molar-refractivity contribution in [2.45, 2.75) is 44.6 Å². The first-order chi connectivity index (χ1) is 12.8. The number of carbonyl (C=O) groups excluding carboxylic acids is 2. The molecule has 2 aromatic rings. The number of halogens is 3. The van der Waals surface area contributed by atoms with E-state index >= 15 is 0 Å². The summed E-state index contributed by atoms with van der Waals surface area (Å²) in [6.45, 7) is 1.36. The summed E-state index contributed by atoms with van der Waals surface area (Å²) >= 11 is 0. The maximum atomic E-state index is 13.2. The van der Waals surface area contributed by atoms with E-state index in [1.807, 2.05) is 0 Å². The number of rotatable bonds is 6. The summed E-state index contributed by atoms with van der Waals surface area (Å²) < 4.78 is 44.7. The topological polar surface area (TPSA) is 62.6 Å². The van der Waals surface area contributed by atoms with Crippen molar-refractivity contribution >= 4 is 11.8 Å². The average Bonchev–Trinajstić information content (AvgIpc) is 3.30. The molecular formula is C19H19F3N2O3. The molecule has 1 atom stereocenters. The van der Waals surface area contributed by atoms with Crippen molar-refractivity contribution in [2.24, 2.45) is 0 Å². The van der Waals surface area contributed by atoms with Gasteiger partial charge in [-0.3, -0.25) is 9.59 Å². The number of carbonyl (C=O) groups is 2. The third kappa shape index (κ3) is 4.50. The first-order valence-corrected chi connectivity index (χ1v) is 8.57. The Kier molecular flexibility index (Phi) is 5.25. The summed E-state index contributed by atoms with van der Waals surface area (Å²) in [5.41, 5.74) is -0.717. The second-order valence-electron chi connectivity index (χ2n) is 6.52. The maximum absolute atomic E-state index is 13.2. The van der Waals surface area contributed by atoms with Crippen molar-refractivity contribution in [3.8, 4) is 0 Å². The van der Waals surface area contributed by atoms with Crippen molar-refractivity contribution in [2.75, 3.05) is 0 Å². The Morgan fingerprint density at radius 2 is 1.93 bits per heavy atom. The Morgan fingerprint density at radius 1 is 1.22 bits per heavy atom. The van der Waals surface area contributed by atoms with Crippen LogP contribution in [0.3, 0.4) is 0 Å². The standard InChI is InChI=1S/C19H19F3N2O3/c1-12(23-17(25)16-7-4-10-27-16)18(26)24(14-8-9-14)11-13-5-2-3-6-15(13)19(20,21)22/h2-7,10,12,14H,8-9,11H2,1H3,(H,23,25). The number of hydrogen-bond acceptors (Lipinski definition) is 3. The van der Waals surface area contributed by atoms with E-state index in [4.69, 9.17) is 4.42 Å². The highest BCUT2D eigenvalue weighted by molar-refractivity contribution is 5.95. The lowest BCUT2D eigenvalue weighted by Gasteiger charge is -2.27. The maximum Gasteiger partial charge on any atom is 0.416 e. The summed E-state index contributed by atoms with van der Waals surface area (Å²) in [7, 11) is 0. The monoisotopic (exact) mass is 380 g/mol. The van der Waals surface area contributed by atoms with Gasteiger partial charge in [0.15, 0.2) is 5.76 Å². The number of amides is 2. The van der Waals surface area contributed by atoms with E-state index in [1.54, 1.807) is 6.07 Å². The molecule has 0 spiro atoms. The van der Waals surface area contributed by atoms with Gasteiger partial charge in [-0.1, -0.05) is 18.2 Å². The molecule has 1 N–H and O–H groups in total. The van der Waals surface area contributed by atoms with Crippen LogP contribution in [-0.4, -0.2) is 28.8 Å². The lowest BCUT2D eigenvalue weighted by Crippen LogP contribution is -2.47. The zero-order valence-corrected chi connectivity index (χ0v) is 14.6. The molecule has 0 bridgehead atoms. The van der Waals surface area contributed by atoms with Gasteiger partial charge in [-0.25, -0.2) is 0 Å². The average molecular weight is 380 g/mol. The third-order valence-electron chi connectivity index (χ3n) is 4.40. The van der Waals surface area contributed by atoms with E-state index in [-0.39, 0.29) is 23.9 Å². The molecule has 0 radical (unpaired) electrons. The fraction of sp³-hybridized carbons (Fsp3) is 0.368. The Balaban J connectivity index is 1.74. The zero-order chi connectivity index (χ0) is 19.6. The Hall–Kier alpha value is -2.77. The normalized spacial score (nSPS) is 15.3. The van der Waals surface area contributed by atoms with Crippen LogP contribution in [0.5, 0.6) is 0 Å². The lowest BCUT2D eigenvalue weighted by atomic mass is 10.1. The summed E-state index contributed by atoms with van der Waals surface area (Å²) in [6, 6.07) is 7.23. The van der Waals surface area contributed by atoms with E-state index in [0.717, 1.165) is 18.9 Å². The van der Waals surface area contributed by atoms with Crippen LogP contribution >= 0.6 is 0 Å². The molecule has 8 heteroatoms. The van der Waals surface area contributed by atoms with E-state index in [1.165, 1.54) is 42.4 Å². The first-order valence-electron chi connectivity index (χ1n) is 8.57. The molecule has 0 aliphatic heterocycles. The van der Waals surface area contributed by atoms with Gasteiger partial charge in [0.2, 0.25) is 5.91 Å². The molecule has 1 aromatic heterocycles. The van der Waals surface area contributed by atoms with Crippen LogP contribution < -0.4 is 5.32 Å². The number of nitrogens with zero attached hydrogens (tertiary/aromatic N) is 1. The number of hydrogen-bond donors (Lipinski definition) is 1. The Morgan fingerprint density at radius 3 is 2.52 bits per heavy atom. The van der Waals surface area contributed by atoms with Gasteiger partial charge in [0, 0.05) is 12.6 Å². The smallest absolute Gasteiger partial charge is 0.416 e. The summed E-state index contributed by atoms with van der Waals surface area (Å²) in [6.07, 6.45) is -1.68. The molecule has 1 heterocycles. The fourth-order valence-corrected chi connectivity index (χ4v) is 2.88. The van der Waals surface area contributed by atoms with Crippen LogP contribution in [0.1, 0.15) is 41.4 Å². The molecule has 0 saturated heterocycles. The lowest BCUT2D eigenvalue weighted by molar-refractivity contribution is -0.140. The van der Waals surface area contributed by atoms with Gasteiger partial charge in [-0.2, -0.15) is 13.2 Å². The quantitative estimate of drug-likeness (QED) is 0.833. The summed E-state index contributed by atoms with van der Waals surface area (Å²) in [5.74, 6) is -0.906. The predicted octanol–water partition coefficient (Wildman–Crippen LogP) is 3.61. The molecule has 1 unspecified atom stereocenters. The second-order valence-corrected chi connectivity index (χ2v) is 6.52.